The number of benzene rings is 1. The van der Waals surface area contributed by atoms with Gasteiger partial charge in [-0.15, -0.1) is 0 Å². The van der Waals surface area contributed by atoms with Gasteiger partial charge in [-0.1, -0.05) is 12.1 Å². The SMILES string of the molecule is CCOC(=O)CNC(=O)Nn1cnc2ccccc2c1=O. The van der Waals surface area contributed by atoms with Crippen LogP contribution in [0.4, 0.5) is 4.79 Å². The summed E-state index contributed by atoms with van der Waals surface area (Å²) in [5.74, 6) is -0.559. The van der Waals surface area contributed by atoms with E-state index in [4.69, 9.17) is 0 Å². The van der Waals surface area contributed by atoms with Crippen molar-refractivity contribution in [3.05, 3.63) is 40.9 Å². The van der Waals surface area contributed by atoms with Crippen LogP contribution >= 0.6 is 0 Å². The number of ether oxygens (including phenoxy) is 1. The number of carbonyl (C=O) groups excluding carboxylic acids is 2. The third-order valence-corrected chi connectivity index (χ3v) is 2.59. The minimum atomic E-state index is -0.706. The molecule has 21 heavy (non-hydrogen) atoms. The molecule has 0 aliphatic carbocycles. The Balaban J connectivity index is 2.06. The van der Waals surface area contributed by atoms with Crippen LogP contribution in [0.2, 0.25) is 0 Å². The molecular formula is C13H14N4O4. The molecule has 0 saturated heterocycles. The van der Waals surface area contributed by atoms with Crippen LogP contribution in [0.15, 0.2) is 35.4 Å². The van der Waals surface area contributed by atoms with Crippen molar-refractivity contribution >= 4 is 22.9 Å². The molecule has 2 aromatic rings. The predicted octanol–water partition coefficient (Wildman–Crippen LogP) is 0.213. The fourth-order valence-electron chi connectivity index (χ4n) is 1.66. The number of nitrogens with zero attached hydrogens (tertiary/aromatic N) is 2. The first-order chi connectivity index (χ1) is 10.1. The van der Waals surface area contributed by atoms with Crippen molar-refractivity contribution in [2.75, 3.05) is 18.6 Å². The number of fused-ring (bicyclic) bond motifs is 1. The average Bonchev–Trinajstić information content (AvgIpc) is 2.49. The molecule has 0 atom stereocenters. The van der Waals surface area contributed by atoms with Gasteiger partial charge in [-0.3, -0.25) is 9.59 Å². The zero-order chi connectivity index (χ0) is 15.2. The van der Waals surface area contributed by atoms with Crippen molar-refractivity contribution in [1.82, 2.24) is 15.0 Å². The number of nitrogens with one attached hydrogen (secondary N) is 2. The first kappa shape index (κ1) is 14.5. The van der Waals surface area contributed by atoms with Crippen LogP contribution < -0.4 is 16.3 Å². The van der Waals surface area contributed by atoms with Crippen LogP contribution in [-0.2, 0) is 9.53 Å². The molecule has 110 valence electrons. The molecule has 0 fully saturated rings. The van der Waals surface area contributed by atoms with Gasteiger partial charge in [0.1, 0.15) is 12.9 Å². The number of carbonyl (C=O) groups is 2. The summed E-state index contributed by atoms with van der Waals surface area (Å²) in [7, 11) is 0. The van der Waals surface area contributed by atoms with Gasteiger partial charge in [0.05, 0.1) is 17.5 Å². The Morgan fingerprint density at radius 3 is 2.86 bits per heavy atom. The molecule has 1 heterocycles. The highest BCUT2D eigenvalue weighted by Crippen LogP contribution is 2.03. The summed E-state index contributed by atoms with van der Waals surface area (Å²) in [6, 6.07) is 6.07. The van der Waals surface area contributed by atoms with E-state index in [2.05, 4.69) is 20.5 Å². The molecule has 0 saturated carbocycles. The molecule has 8 heteroatoms. The Kier molecular flexibility index (Phi) is 4.50. The van der Waals surface area contributed by atoms with E-state index < -0.39 is 17.6 Å². The molecule has 0 spiro atoms. The second kappa shape index (κ2) is 6.51. The average molecular weight is 290 g/mol. The molecule has 2 amide bonds. The molecule has 1 aromatic carbocycles. The Morgan fingerprint density at radius 2 is 2.10 bits per heavy atom. The van der Waals surface area contributed by atoms with E-state index in [1.165, 1.54) is 6.33 Å². The zero-order valence-electron chi connectivity index (χ0n) is 11.3. The number of amides is 2. The van der Waals surface area contributed by atoms with Gasteiger partial charge in [-0.25, -0.2) is 19.9 Å². The summed E-state index contributed by atoms with van der Waals surface area (Å²) in [6.07, 6.45) is 1.20. The van der Waals surface area contributed by atoms with Crippen LogP contribution in [-0.4, -0.2) is 34.8 Å². The predicted molar refractivity (Wildman–Crippen MR) is 75.4 cm³/mol. The fourth-order valence-corrected chi connectivity index (χ4v) is 1.66. The quantitative estimate of drug-likeness (QED) is 0.784. The van der Waals surface area contributed by atoms with Gasteiger partial charge in [-0.05, 0) is 19.1 Å². The molecule has 1 aromatic heterocycles. The fraction of sp³-hybridized carbons (Fsp3) is 0.231. The van der Waals surface area contributed by atoms with Gasteiger partial charge in [0, 0.05) is 0 Å². The van der Waals surface area contributed by atoms with E-state index in [0.717, 1.165) is 4.68 Å². The third-order valence-electron chi connectivity index (χ3n) is 2.59. The van der Waals surface area contributed by atoms with E-state index in [1.54, 1.807) is 31.2 Å². The topological polar surface area (TPSA) is 102 Å². The lowest BCUT2D eigenvalue weighted by Crippen LogP contribution is -2.41. The Labute approximate surface area is 119 Å². The highest BCUT2D eigenvalue weighted by atomic mass is 16.5. The molecule has 0 aliphatic rings. The molecule has 2 rings (SSSR count). The summed E-state index contributed by atoms with van der Waals surface area (Å²) in [4.78, 5) is 38.8. The molecule has 0 bridgehead atoms. The zero-order valence-corrected chi connectivity index (χ0v) is 11.3. The number of hydrogen-bond donors (Lipinski definition) is 2. The summed E-state index contributed by atoms with van der Waals surface area (Å²) < 4.78 is 5.61. The maximum absolute atomic E-state index is 12.1. The van der Waals surface area contributed by atoms with Crippen molar-refractivity contribution in [1.29, 1.82) is 0 Å². The van der Waals surface area contributed by atoms with Crippen LogP contribution in [0.5, 0.6) is 0 Å². The highest BCUT2D eigenvalue weighted by Gasteiger charge is 2.08. The molecular weight excluding hydrogens is 276 g/mol. The summed E-state index contributed by atoms with van der Waals surface area (Å²) in [5.41, 5.74) is 2.41. The normalized spacial score (nSPS) is 10.1. The van der Waals surface area contributed by atoms with Crippen molar-refractivity contribution < 1.29 is 14.3 Å². The standard InChI is InChI=1S/C13H14N4O4/c1-2-21-11(18)7-14-13(20)16-17-8-15-10-6-4-3-5-9(10)12(17)19/h3-6,8H,2,7H2,1H3,(H2,14,16,20). The summed E-state index contributed by atoms with van der Waals surface area (Å²) >= 11 is 0. The van der Waals surface area contributed by atoms with Gasteiger partial charge in [0.15, 0.2) is 0 Å². The minimum Gasteiger partial charge on any atom is -0.465 e. The molecule has 0 aliphatic heterocycles. The largest absolute Gasteiger partial charge is 0.465 e. The smallest absolute Gasteiger partial charge is 0.334 e. The maximum Gasteiger partial charge on any atom is 0.334 e. The van der Waals surface area contributed by atoms with Gasteiger partial charge in [0.25, 0.3) is 5.56 Å². The maximum atomic E-state index is 12.1. The lowest BCUT2D eigenvalue weighted by atomic mass is 10.2. The number of para-hydroxylation sites is 1. The van der Waals surface area contributed by atoms with Gasteiger partial charge in [-0.2, -0.15) is 0 Å². The van der Waals surface area contributed by atoms with Crippen molar-refractivity contribution in [2.45, 2.75) is 6.92 Å². The molecule has 0 radical (unpaired) electrons. The van der Waals surface area contributed by atoms with E-state index >= 15 is 0 Å². The first-order valence-electron chi connectivity index (χ1n) is 6.28. The van der Waals surface area contributed by atoms with Crippen LogP contribution in [0.25, 0.3) is 10.9 Å². The van der Waals surface area contributed by atoms with E-state index in [1.807, 2.05) is 0 Å². The van der Waals surface area contributed by atoms with Gasteiger partial charge < -0.3 is 10.1 Å². The Hall–Kier alpha value is -2.90. The second-order valence-electron chi connectivity index (χ2n) is 4.04. The molecule has 8 nitrogen and oxygen atoms in total. The monoisotopic (exact) mass is 290 g/mol. The number of rotatable bonds is 4. The minimum absolute atomic E-state index is 0.232. The summed E-state index contributed by atoms with van der Waals surface area (Å²) in [6.45, 7) is 1.61. The Morgan fingerprint density at radius 1 is 1.33 bits per heavy atom. The second-order valence-corrected chi connectivity index (χ2v) is 4.04. The van der Waals surface area contributed by atoms with Gasteiger partial charge >= 0.3 is 12.0 Å². The van der Waals surface area contributed by atoms with E-state index in [0.29, 0.717) is 10.9 Å². The molecule has 0 unspecified atom stereocenters. The highest BCUT2D eigenvalue weighted by molar-refractivity contribution is 5.86. The Bertz CT molecular complexity index is 725. The number of hydrogen-bond acceptors (Lipinski definition) is 5. The number of aromatic nitrogens is 2. The van der Waals surface area contributed by atoms with Crippen molar-refractivity contribution in [3.8, 4) is 0 Å². The van der Waals surface area contributed by atoms with E-state index in [9.17, 15) is 14.4 Å². The number of esters is 1. The van der Waals surface area contributed by atoms with Crippen molar-refractivity contribution in [3.63, 3.8) is 0 Å². The number of urea groups is 1. The lowest BCUT2D eigenvalue weighted by molar-refractivity contribution is -0.141. The summed E-state index contributed by atoms with van der Waals surface area (Å²) in [5, 5.41) is 2.66. The van der Waals surface area contributed by atoms with Crippen LogP contribution in [0, 0.1) is 0 Å². The molecule has 2 N–H and O–H groups in total. The first-order valence-corrected chi connectivity index (χ1v) is 6.28. The van der Waals surface area contributed by atoms with Crippen molar-refractivity contribution in [2.24, 2.45) is 0 Å². The van der Waals surface area contributed by atoms with Gasteiger partial charge in [0.2, 0.25) is 0 Å². The van der Waals surface area contributed by atoms with Crippen LogP contribution in [0.1, 0.15) is 6.92 Å². The lowest BCUT2D eigenvalue weighted by Gasteiger charge is -2.09. The third kappa shape index (κ3) is 3.56. The van der Waals surface area contributed by atoms with E-state index in [-0.39, 0.29) is 13.2 Å². The van der Waals surface area contributed by atoms with Crippen LogP contribution in [0.3, 0.4) is 0 Å².